The molecule has 4 aromatic rings. The number of imidazole rings is 1. The number of rotatable bonds is 5. The van der Waals surface area contributed by atoms with E-state index in [9.17, 15) is 4.79 Å². The van der Waals surface area contributed by atoms with Crippen LogP contribution in [0.25, 0.3) is 21.3 Å². The lowest BCUT2D eigenvalue weighted by Gasteiger charge is -2.06. The van der Waals surface area contributed by atoms with Crippen molar-refractivity contribution in [2.75, 3.05) is 6.54 Å². The van der Waals surface area contributed by atoms with E-state index in [1.165, 1.54) is 11.3 Å². The third kappa shape index (κ3) is 3.30. The van der Waals surface area contributed by atoms with Gasteiger partial charge in [0.2, 0.25) is 0 Å². The number of nitrogens with one attached hydrogen (secondary N) is 1. The first-order valence-corrected chi connectivity index (χ1v) is 9.78. The molecule has 0 fully saturated rings. The van der Waals surface area contributed by atoms with Crippen LogP contribution in [0.5, 0.6) is 0 Å². The van der Waals surface area contributed by atoms with Gasteiger partial charge in [-0.2, -0.15) is 0 Å². The maximum Gasteiger partial charge on any atom is 0.261 e. The molecule has 7 heteroatoms. The molecular weight excluding hydrogens is 358 g/mol. The van der Waals surface area contributed by atoms with Gasteiger partial charge in [-0.25, -0.2) is 15.0 Å². The van der Waals surface area contributed by atoms with E-state index in [0.717, 1.165) is 56.2 Å². The molecule has 0 aliphatic rings. The predicted molar refractivity (Wildman–Crippen MR) is 108 cm³/mol. The van der Waals surface area contributed by atoms with Crippen LogP contribution in [0.2, 0.25) is 0 Å². The number of benzene rings is 1. The molecule has 0 atom stereocenters. The summed E-state index contributed by atoms with van der Waals surface area (Å²) in [4.78, 5) is 27.5. The van der Waals surface area contributed by atoms with Crippen molar-refractivity contribution >= 4 is 38.5 Å². The molecule has 27 heavy (non-hydrogen) atoms. The number of para-hydroxylation sites is 2. The summed E-state index contributed by atoms with van der Waals surface area (Å²) in [6.45, 7) is 7.24. The van der Waals surface area contributed by atoms with Crippen LogP contribution in [0.1, 0.15) is 33.2 Å². The van der Waals surface area contributed by atoms with Crippen molar-refractivity contribution in [2.24, 2.45) is 0 Å². The normalized spacial score (nSPS) is 11.4. The summed E-state index contributed by atoms with van der Waals surface area (Å²) in [5.74, 6) is 0.698. The molecule has 4 rings (SSSR count). The summed E-state index contributed by atoms with van der Waals surface area (Å²) in [7, 11) is 0. The van der Waals surface area contributed by atoms with E-state index < -0.39 is 0 Å². The van der Waals surface area contributed by atoms with Gasteiger partial charge in [0.15, 0.2) is 0 Å². The summed E-state index contributed by atoms with van der Waals surface area (Å²) in [6, 6.07) is 8.07. The first-order valence-electron chi connectivity index (χ1n) is 8.97. The third-order valence-electron chi connectivity index (χ3n) is 4.68. The molecule has 0 saturated carbocycles. The molecule has 0 unspecified atom stereocenters. The number of hydrogen-bond acceptors (Lipinski definition) is 5. The first-order chi connectivity index (χ1) is 13.0. The molecule has 0 saturated heterocycles. The summed E-state index contributed by atoms with van der Waals surface area (Å²) < 4.78 is 2.12. The molecule has 1 amide bonds. The van der Waals surface area contributed by atoms with Crippen molar-refractivity contribution < 1.29 is 4.79 Å². The van der Waals surface area contributed by atoms with Crippen LogP contribution in [-0.4, -0.2) is 32.0 Å². The Morgan fingerprint density at radius 3 is 2.85 bits per heavy atom. The van der Waals surface area contributed by atoms with Crippen LogP contribution >= 0.6 is 11.3 Å². The summed E-state index contributed by atoms with van der Waals surface area (Å²) in [5.41, 5.74) is 4.01. The number of aryl methyl sites for hydroxylation is 4. The van der Waals surface area contributed by atoms with Crippen molar-refractivity contribution in [1.82, 2.24) is 24.8 Å². The van der Waals surface area contributed by atoms with Crippen molar-refractivity contribution in [1.29, 1.82) is 0 Å². The van der Waals surface area contributed by atoms with E-state index in [-0.39, 0.29) is 5.91 Å². The van der Waals surface area contributed by atoms with Crippen LogP contribution < -0.4 is 5.32 Å². The van der Waals surface area contributed by atoms with Gasteiger partial charge < -0.3 is 9.88 Å². The van der Waals surface area contributed by atoms with Gasteiger partial charge in [-0.1, -0.05) is 12.1 Å². The van der Waals surface area contributed by atoms with Gasteiger partial charge in [-0.05, 0) is 44.9 Å². The van der Waals surface area contributed by atoms with Crippen molar-refractivity contribution in [2.45, 2.75) is 33.7 Å². The van der Waals surface area contributed by atoms with E-state index in [2.05, 4.69) is 30.9 Å². The quantitative estimate of drug-likeness (QED) is 0.536. The van der Waals surface area contributed by atoms with Crippen LogP contribution in [0.4, 0.5) is 0 Å². The SMILES string of the molecule is Cc1nc(C)c2c(C)c(C(=O)NCCCn3cnc4ccccc43)sc2n1. The Hall–Kier alpha value is -2.80. The minimum absolute atomic E-state index is 0.0388. The van der Waals surface area contributed by atoms with Gasteiger partial charge in [0, 0.05) is 24.2 Å². The zero-order chi connectivity index (χ0) is 19.0. The average molecular weight is 379 g/mol. The Kier molecular flexibility index (Phi) is 4.61. The number of amides is 1. The molecule has 0 radical (unpaired) electrons. The molecule has 0 aliphatic carbocycles. The Morgan fingerprint density at radius 1 is 1.19 bits per heavy atom. The minimum atomic E-state index is -0.0388. The highest BCUT2D eigenvalue weighted by atomic mass is 32.1. The zero-order valence-corrected chi connectivity index (χ0v) is 16.4. The predicted octanol–water partition coefficient (Wildman–Crippen LogP) is 3.79. The van der Waals surface area contributed by atoms with Gasteiger partial charge >= 0.3 is 0 Å². The lowest BCUT2D eigenvalue weighted by molar-refractivity contribution is 0.0956. The maximum atomic E-state index is 12.6. The molecular formula is C20H21N5OS. The van der Waals surface area contributed by atoms with Crippen molar-refractivity contribution in [3.63, 3.8) is 0 Å². The number of nitrogens with zero attached hydrogens (tertiary/aromatic N) is 4. The van der Waals surface area contributed by atoms with E-state index in [1.54, 1.807) is 0 Å². The van der Waals surface area contributed by atoms with Crippen molar-refractivity contribution in [3.8, 4) is 0 Å². The van der Waals surface area contributed by atoms with Crippen molar-refractivity contribution in [3.05, 3.63) is 52.6 Å². The fourth-order valence-electron chi connectivity index (χ4n) is 3.41. The fourth-order valence-corrected chi connectivity index (χ4v) is 4.60. The number of hydrogen-bond donors (Lipinski definition) is 1. The van der Waals surface area contributed by atoms with Gasteiger partial charge in [-0.3, -0.25) is 4.79 Å². The molecule has 1 aromatic carbocycles. The highest BCUT2D eigenvalue weighted by Crippen LogP contribution is 2.31. The first kappa shape index (κ1) is 17.6. The topological polar surface area (TPSA) is 72.7 Å². The average Bonchev–Trinajstić information content (AvgIpc) is 3.20. The van der Waals surface area contributed by atoms with Crippen LogP contribution in [0.3, 0.4) is 0 Å². The third-order valence-corrected chi connectivity index (χ3v) is 5.86. The second-order valence-corrected chi connectivity index (χ2v) is 7.63. The molecule has 0 bridgehead atoms. The fraction of sp³-hybridized carbons (Fsp3) is 0.300. The second kappa shape index (κ2) is 7.08. The van der Waals surface area contributed by atoms with E-state index in [0.29, 0.717) is 6.54 Å². The standard InChI is InChI=1S/C20H21N5OS/c1-12-17-13(2)23-14(3)24-20(17)27-18(12)19(26)21-9-6-10-25-11-22-15-7-4-5-8-16(15)25/h4-5,7-8,11H,6,9-10H2,1-3H3,(H,21,26). The second-order valence-electron chi connectivity index (χ2n) is 6.63. The van der Waals surface area contributed by atoms with Gasteiger partial charge in [0.1, 0.15) is 10.7 Å². The lowest BCUT2D eigenvalue weighted by Crippen LogP contribution is -2.25. The molecule has 3 heterocycles. The molecule has 0 aliphatic heterocycles. The molecule has 1 N–H and O–H groups in total. The highest BCUT2D eigenvalue weighted by molar-refractivity contribution is 7.20. The maximum absolute atomic E-state index is 12.6. The van der Waals surface area contributed by atoms with Crippen LogP contribution in [-0.2, 0) is 6.54 Å². The van der Waals surface area contributed by atoms with E-state index in [4.69, 9.17) is 0 Å². The zero-order valence-electron chi connectivity index (χ0n) is 15.6. The van der Waals surface area contributed by atoms with E-state index >= 15 is 0 Å². The summed E-state index contributed by atoms with van der Waals surface area (Å²) in [6.07, 6.45) is 2.69. The summed E-state index contributed by atoms with van der Waals surface area (Å²) >= 11 is 1.44. The van der Waals surface area contributed by atoms with Gasteiger partial charge in [0.05, 0.1) is 22.2 Å². The Bertz CT molecular complexity index is 1140. The molecule has 3 aromatic heterocycles. The van der Waals surface area contributed by atoms with Crippen LogP contribution in [0.15, 0.2) is 30.6 Å². The van der Waals surface area contributed by atoms with Gasteiger partial charge in [0.25, 0.3) is 5.91 Å². The minimum Gasteiger partial charge on any atom is -0.351 e. The van der Waals surface area contributed by atoms with Crippen LogP contribution in [0, 0.1) is 20.8 Å². The molecule has 138 valence electrons. The molecule has 0 spiro atoms. The molecule has 6 nitrogen and oxygen atoms in total. The monoisotopic (exact) mass is 379 g/mol. The largest absolute Gasteiger partial charge is 0.351 e. The van der Waals surface area contributed by atoms with E-state index in [1.807, 2.05) is 45.3 Å². The Labute approximate surface area is 161 Å². The summed E-state index contributed by atoms with van der Waals surface area (Å²) in [5, 5.41) is 4.04. The Morgan fingerprint density at radius 2 is 2.00 bits per heavy atom. The smallest absolute Gasteiger partial charge is 0.261 e. The number of aromatic nitrogens is 4. The number of carbonyl (C=O) groups excluding carboxylic acids is 1. The number of thiophene rings is 1. The lowest BCUT2D eigenvalue weighted by atomic mass is 10.1. The Balaban J connectivity index is 1.42. The number of fused-ring (bicyclic) bond motifs is 2. The highest BCUT2D eigenvalue weighted by Gasteiger charge is 2.18. The number of carbonyl (C=O) groups is 1. The van der Waals surface area contributed by atoms with Gasteiger partial charge in [-0.15, -0.1) is 11.3 Å².